The van der Waals surface area contributed by atoms with E-state index in [2.05, 4.69) is 0 Å². The Kier molecular flexibility index (Phi) is 4.43. The van der Waals surface area contributed by atoms with Crippen molar-refractivity contribution in [2.24, 2.45) is 0 Å². The third-order valence-electron chi connectivity index (χ3n) is 3.67. The van der Waals surface area contributed by atoms with E-state index in [1.807, 2.05) is 0 Å². The second-order valence-electron chi connectivity index (χ2n) is 5.31. The van der Waals surface area contributed by atoms with Crippen molar-refractivity contribution >= 4 is 16.9 Å². The highest BCUT2D eigenvalue weighted by molar-refractivity contribution is 5.84. The molecule has 0 fully saturated rings. The Balaban J connectivity index is 2.13. The van der Waals surface area contributed by atoms with E-state index >= 15 is 0 Å². The quantitative estimate of drug-likeness (QED) is 0.412. The second kappa shape index (κ2) is 6.68. The van der Waals surface area contributed by atoms with Gasteiger partial charge in [0.1, 0.15) is 22.8 Å². The number of ether oxygens (including phenoxy) is 3. The highest BCUT2D eigenvalue weighted by Gasteiger charge is 2.14. The molecule has 0 bridgehead atoms. The molecular formula is C19H16O6. The fraction of sp³-hybridized carbons (Fsp3) is 0.158. The molecule has 2 aromatic carbocycles. The van der Waals surface area contributed by atoms with Crippen LogP contribution in [0.25, 0.3) is 22.1 Å². The maximum atomic E-state index is 12.4. The maximum absolute atomic E-state index is 12.4. The Hall–Kier alpha value is -3.28. The molecule has 0 saturated heterocycles. The number of methoxy groups -OCH3 is 2. The number of benzene rings is 2. The SMILES string of the molecule is COc1ccc(-c2cc3ccc(OC(C)=O)cc3oc2=O)c(OC)c1. The zero-order valence-corrected chi connectivity index (χ0v) is 14.0. The van der Waals surface area contributed by atoms with Gasteiger partial charge in [-0.05, 0) is 30.3 Å². The molecule has 0 aliphatic carbocycles. The van der Waals surface area contributed by atoms with Crippen molar-refractivity contribution in [2.75, 3.05) is 14.2 Å². The van der Waals surface area contributed by atoms with Crippen molar-refractivity contribution in [2.45, 2.75) is 6.92 Å². The van der Waals surface area contributed by atoms with Gasteiger partial charge in [-0.3, -0.25) is 4.79 Å². The lowest BCUT2D eigenvalue weighted by Gasteiger charge is -2.10. The third kappa shape index (κ3) is 3.33. The summed E-state index contributed by atoms with van der Waals surface area (Å²) in [5.41, 5.74) is 0.783. The first kappa shape index (κ1) is 16.6. The van der Waals surface area contributed by atoms with Crippen LogP contribution in [-0.4, -0.2) is 20.2 Å². The van der Waals surface area contributed by atoms with Crippen LogP contribution in [0.3, 0.4) is 0 Å². The summed E-state index contributed by atoms with van der Waals surface area (Å²) in [5, 5.41) is 0.698. The molecule has 1 aromatic heterocycles. The summed E-state index contributed by atoms with van der Waals surface area (Å²) < 4.78 is 20.9. The first-order valence-electron chi connectivity index (χ1n) is 7.50. The lowest BCUT2D eigenvalue weighted by Crippen LogP contribution is -2.05. The Labute approximate surface area is 143 Å². The Morgan fingerprint density at radius 1 is 0.920 bits per heavy atom. The van der Waals surface area contributed by atoms with Crippen LogP contribution in [0.15, 0.2) is 51.7 Å². The normalized spacial score (nSPS) is 10.5. The van der Waals surface area contributed by atoms with E-state index in [4.69, 9.17) is 18.6 Å². The summed E-state index contributed by atoms with van der Waals surface area (Å²) in [7, 11) is 3.08. The monoisotopic (exact) mass is 340 g/mol. The largest absolute Gasteiger partial charge is 0.497 e. The van der Waals surface area contributed by atoms with Gasteiger partial charge in [0.15, 0.2) is 0 Å². The number of fused-ring (bicyclic) bond motifs is 1. The van der Waals surface area contributed by atoms with E-state index in [0.29, 0.717) is 39.3 Å². The molecule has 0 aliphatic heterocycles. The molecule has 3 aromatic rings. The summed E-state index contributed by atoms with van der Waals surface area (Å²) in [5.74, 6) is 0.999. The molecular weight excluding hydrogens is 324 g/mol. The second-order valence-corrected chi connectivity index (χ2v) is 5.31. The molecule has 0 spiro atoms. The molecule has 3 rings (SSSR count). The van der Waals surface area contributed by atoms with Gasteiger partial charge in [0.2, 0.25) is 0 Å². The minimum absolute atomic E-state index is 0.318. The molecule has 25 heavy (non-hydrogen) atoms. The van der Waals surface area contributed by atoms with Gasteiger partial charge in [-0.15, -0.1) is 0 Å². The van der Waals surface area contributed by atoms with Crippen molar-refractivity contribution in [3.8, 4) is 28.4 Å². The van der Waals surface area contributed by atoms with E-state index < -0.39 is 11.6 Å². The molecule has 0 aliphatic rings. The van der Waals surface area contributed by atoms with Gasteiger partial charge in [-0.25, -0.2) is 4.79 Å². The lowest BCUT2D eigenvalue weighted by molar-refractivity contribution is -0.131. The predicted molar refractivity (Wildman–Crippen MR) is 92.3 cm³/mol. The molecule has 0 atom stereocenters. The van der Waals surface area contributed by atoms with Gasteiger partial charge in [0.25, 0.3) is 0 Å². The number of carbonyl (C=O) groups excluding carboxylic acids is 1. The van der Waals surface area contributed by atoms with Gasteiger partial charge < -0.3 is 18.6 Å². The standard InChI is InChI=1S/C19H16O6/c1-11(20)24-14-5-4-12-8-16(19(21)25-17(12)10-14)15-7-6-13(22-2)9-18(15)23-3/h4-10H,1-3H3. The predicted octanol–water partition coefficient (Wildman–Crippen LogP) is 3.40. The Morgan fingerprint density at radius 3 is 2.36 bits per heavy atom. The summed E-state index contributed by atoms with van der Waals surface area (Å²) in [4.78, 5) is 23.5. The number of hydrogen-bond donors (Lipinski definition) is 0. The fourth-order valence-electron chi connectivity index (χ4n) is 2.53. The minimum atomic E-state index is -0.518. The molecule has 1 heterocycles. The van der Waals surface area contributed by atoms with Crippen LogP contribution in [0.2, 0.25) is 0 Å². The van der Waals surface area contributed by atoms with E-state index in [1.54, 1.807) is 43.5 Å². The topological polar surface area (TPSA) is 75.0 Å². The van der Waals surface area contributed by atoms with Gasteiger partial charge in [0, 0.05) is 30.0 Å². The molecule has 0 saturated carbocycles. The summed E-state index contributed by atoms with van der Waals surface area (Å²) in [6.45, 7) is 1.30. The first-order valence-corrected chi connectivity index (χ1v) is 7.50. The molecule has 0 radical (unpaired) electrons. The molecule has 6 nitrogen and oxygen atoms in total. The average molecular weight is 340 g/mol. The van der Waals surface area contributed by atoms with Gasteiger partial charge in [-0.2, -0.15) is 0 Å². The molecule has 6 heteroatoms. The molecule has 128 valence electrons. The van der Waals surface area contributed by atoms with Crippen molar-refractivity contribution in [1.29, 1.82) is 0 Å². The summed E-state index contributed by atoms with van der Waals surface area (Å²) >= 11 is 0. The molecule has 0 amide bonds. The van der Waals surface area contributed by atoms with E-state index in [1.165, 1.54) is 20.1 Å². The van der Waals surface area contributed by atoms with Gasteiger partial charge in [0.05, 0.1) is 19.8 Å². The van der Waals surface area contributed by atoms with Crippen LogP contribution in [0.5, 0.6) is 17.2 Å². The third-order valence-corrected chi connectivity index (χ3v) is 3.67. The maximum Gasteiger partial charge on any atom is 0.344 e. The highest BCUT2D eigenvalue weighted by Crippen LogP contribution is 2.33. The van der Waals surface area contributed by atoms with Crippen molar-refractivity contribution in [3.63, 3.8) is 0 Å². The number of rotatable bonds is 4. The zero-order valence-electron chi connectivity index (χ0n) is 14.0. The van der Waals surface area contributed by atoms with Gasteiger partial charge in [-0.1, -0.05) is 0 Å². The lowest BCUT2D eigenvalue weighted by atomic mass is 10.0. The summed E-state index contributed by atoms with van der Waals surface area (Å²) in [6, 6.07) is 11.8. The Bertz CT molecular complexity index is 1000. The number of carbonyl (C=O) groups is 1. The fourth-order valence-corrected chi connectivity index (χ4v) is 2.53. The number of esters is 1. The smallest absolute Gasteiger partial charge is 0.344 e. The first-order chi connectivity index (χ1) is 12.0. The van der Waals surface area contributed by atoms with Crippen LogP contribution < -0.4 is 19.8 Å². The van der Waals surface area contributed by atoms with Crippen LogP contribution in [0, 0.1) is 0 Å². The van der Waals surface area contributed by atoms with E-state index in [-0.39, 0.29) is 0 Å². The van der Waals surface area contributed by atoms with E-state index in [9.17, 15) is 9.59 Å². The molecule has 0 N–H and O–H groups in total. The van der Waals surface area contributed by atoms with Gasteiger partial charge >= 0.3 is 11.6 Å². The van der Waals surface area contributed by atoms with Crippen LogP contribution in [-0.2, 0) is 4.79 Å². The molecule has 0 unspecified atom stereocenters. The van der Waals surface area contributed by atoms with Crippen LogP contribution in [0.4, 0.5) is 0 Å². The van der Waals surface area contributed by atoms with Crippen molar-refractivity contribution in [1.82, 2.24) is 0 Å². The number of hydrogen-bond acceptors (Lipinski definition) is 6. The van der Waals surface area contributed by atoms with E-state index in [0.717, 1.165) is 0 Å². The summed E-state index contributed by atoms with van der Waals surface area (Å²) in [6.07, 6.45) is 0. The van der Waals surface area contributed by atoms with Crippen LogP contribution >= 0.6 is 0 Å². The van der Waals surface area contributed by atoms with Crippen LogP contribution in [0.1, 0.15) is 6.92 Å². The average Bonchev–Trinajstić information content (AvgIpc) is 2.60. The van der Waals surface area contributed by atoms with Crippen molar-refractivity contribution in [3.05, 3.63) is 52.9 Å². The minimum Gasteiger partial charge on any atom is -0.497 e. The highest BCUT2D eigenvalue weighted by atomic mass is 16.5. The zero-order chi connectivity index (χ0) is 18.0. The Morgan fingerprint density at radius 2 is 1.68 bits per heavy atom. The van der Waals surface area contributed by atoms with Crippen molar-refractivity contribution < 1.29 is 23.4 Å².